The first kappa shape index (κ1) is 29.7. The molecular weight excluding hydrogens is 502 g/mol. The van der Waals surface area contributed by atoms with Gasteiger partial charge >= 0.3 is 23.7 Å². The average Bonchev–Trinajstić information content (AvgIpc) is 2.93. The van der Waals surface area contributed by atoms with Crippen molar-refractivity contribution >= 4 is 29.2 Å². The van der Waals surface area contributed by atoms with E-state index in [1.807, 2.05) is 55.4 Å². The summed E-state index contributed by atoms with van der Waals surface area (Å²) in [7, 11) is -6.04. The smallest absolute Gasteiger partial charge is 0.444 e. The predicted octanol–water partition coefficient (Wildman–Crippen LogP) is 3.56. The minimum absolute atomic E-state index is 0.0554. The highest BCUT2D eigenvalue weighted by Crippen LogP contribution is 2.39. The Bertz CT molecular complexity index is 1140. The normalized spacial score (nSPS) is 20.3. The lowest BCUT2D eigenvalue weighted by molar-refractivity contribution is 0.00578. The van der Waals surface area contributed by atoms with Gasteiger partial charge in [0.1, 0.15) is 5.60 Å². The number of benzene rings is 1. The van der Waals surface area contributed by atoms with E-state index in [2.05, 4.69) is 4.90 Å². The molecule has 1 aromatic rings. The summed E-state index contributed by atoms with van der Waals surface area (Å²) in [5.41, 5.74) is 1.48. The summed E-state index contributed by atoms with van der Waals surface area (Å²) in [5.74, 6) is -0.0554. The fourth-order valence-corrected chi connectivity index (χ4v) is 5.13. The van der Waals surface area contributed by atoms with E-state index in [9.17, 15) is 17.1 Å². The van der Waals surface area contributed by atoms with Crippen LogP contribution in [0.25, 0.3) is 0 Å². The van der Waals surface area contributed by atoms with E-state index in [0.717, 1.165) is 11.1 Å². The first-order chi connectivity index (χ1) is 16.7. The van der Waals surface area contributed by atoms with Gasteiger partial charge in [-0.25, -0.2) is 4.79 Å². The molecule has 0 bridgehead atoms. The van der Waals surface area contributed by atoms with Gasteiger partial charge in [0.25, 0.3) is 0 Å². The maximum atomic E-state index is 13.7. The second kappa shape index (κ2) is 10.0. The zero-order chi connectivity index (χ0) is 28.1. The van der Waals surface area contributed by atoms with Crippen LogP contribution in [0, 0.1) is 20.8 Å². The van der Waals surface area contributed by atoms with Gasteiger partial charge in [-0.05, 0) is 97.0 Å². The molecule has 0 unspecified atom stereocenters. The van der Waals surface area contributed by atoms with Crippen LogP contribution in [0.5, 0.6) is 5.75 Å². The number of ether oxygens (including phenoxy) is 1. The maximum absolute atomic E-state index is 13.7. The lowest BCUT2D eigenvalue weighted by atomic mass is 9.71. The average molecular weight is 542 g/mol. The highest BCUT2D eigenvalue weighted by molar-refractivity contribution is 7.81. The van der Waals surface area contributed by atoms with Crippen LogP contribution >= 0.6 is 0 Å². The SMILES string of the molecule is Cc1c(CN2CCN(C(=O)OC(C)(C)C)CC2)c(C)c(B2OC(C)(C)C(C)(C)O2)c(C)c1OS(=O)(=O)F. The van der Waals surface area contributed by atoms with Crippen molar-refractivity contribution in [3.05, 3.63) is 22.3 Å². The van der Waals surface area contributed by atoms with Gasteiger partial charge in [-0.1, -0.05) is 3.89 Å². The summed E-state index contributed by atoms with van der Waals surface area (Å²) in [4.78, 5) is 16.3. The van der Waals surface area contributed by atoms with Crippen LogP contribution in [0.3, 0.4) is 0 Å². The molecule has 2 fully saturated rings. The maximum Gasteiger partial charge on any atom is 0.495 e. The van der Waals surface area contributed by atoms with Gasteiger partial charge in [-0.2, -0.15) is 8.42 Å². The van der Waals surface area contributed by atoms with E-state index in [0.29, 0.717) is 49.3 Å². The topological polar surface area (TPSA) is 94.6 Å². The van der Waals surface area contributed by atoms with E-state index in [-0.39, 0.29) is 11.8 Å². The molecule has 0 N–H and O–H groups in total. The van der Waals surface area contributed by atoms with Crippen LogP contribution < -0.4 is 9.65 Å². The molecular formula is C25H40BFN2O7S. The Kier molecular flexibility index (Phi) is 8.03. The van der Waals surface area contributed by atoms with Crippen LogP contribution in [0.4, 0.5) is 8.68 Å². The van der Waals surface area contributed by atoms with E-state index in [1.54, 1.807) is 18.7 Å². The third-order valence-electron chi connectivity index (χ3n) is 7.47. The molecule has 0 aromatic heterocycles. The summed E-state index contributed by atoms with van der Waals surface area (Å²) < 4.78 is 59.7. The van der Waals surface area contributed by atoms with Crippen LogP contribution in [0.1, 0.15) is 70.7 Å². The summed E-state index contributed by atoms with van der Waals surface area (Å²) in [6.45, 7) is 21.2. The quantitative estimate of drug-likeness (QED) is 0.412. The van der Waals surface area contributed by atoms with Crippen molar-refractivity contribution in [2.75, 3.05) is 26.2 Å². The zero-order valence-electron chi connectivity index (χ0n) is 23.7. The van der Waals surface area contributed by atoms with Crippen molar-refractivity contribution in [2.24, 2.45) is 0 Å². The molecule has 9 nitrogen and oxygen atoms in total. The van der Waals surface area contributed by atoms with Crippen molar-refractivity contribution in [1.29, 1.82) is 0 Å². The Morgan fingerprint density at radius 2 is 1.49 bits per heavy atom. The lowest BCUT2D eigenvalue weighted by Crippen LogP contribution is -2.50. The Hall–Kier alpha value is -1.89. The van der Waals surface area contributed by atoms with E-state index in [4.69, 9.17) is 18.2 Å². The standard InChI is InChI=1S/C25H40BFN2O7S/c1-16-19(15-28-11-13-29(14-12-28)22(30)33-23(4,5)6)17(2)21(34-37(27,31)32)18(3)20(16)26-35-24(7,8)25(9,10)36-26/h11-15H2,1-10H3. The van der Waals surface area contributed by atoms with Gasteiger partial charge in [-0.15, -0.1) is 0 Å². The van der Waals surface area contributed by atoms with Gasteiger partial charge in [0.05, 0.1) is 11.2 Å². The fraction of sp³-hybridized carbons (Fsp3) is 0.720. The summed E-state index contributed by atoms with van der Waals surface area (Å²) >= 11 is 0. The van der Waals surface area contributed by atoms with Crippen LogP contribution in [0.15, 0.2) is 0 Å². The Morgan fingerprint density at radius 1 is 0.973 bits per heavy atom. The number of piperazine rings is 1. The van der Waals surface area contributed by atoms with Crippen molar-refractivity contribution < 1.29 is 35.3 Å². The van der Waals surface area contributed by atoms with Gasteiger partial charge in [0.15, 0.2) is 5.75 Å². The van der Waals surface area contributed by atoms with E-state index < -0.39 is 34.4 Å². The zero-order valence-corrected chi connectivity index (χ0v) is 24.5. The molecule has 1 aromatic carbocycles. The molecule has 2 aliphatic rings. The number of halogens is 1. The molecule has 1 amide bonds. The minimum atomic E-state index is -5.26. The largest absolute Gasteiger partial charge is 0.495 e. The first-order valence-corrected chi connectivity index (χ1v) is 13.9. The van der Waals surface area contributed by atoms with Crippen molar-refractivity contribution in [2.45, 2.75) is 92.6 Å². The van der Waals surface area contributed by atoms with Gasteiger partial charge in [0.2, 0.25) is 0 Å². The van der Waals surface area contributed by atoms with Crippen molar-refractivity contribution in [3.8, 4) is 5.75 Å². The monoisotopic (exact) mass is 542 g/mol. The molecule has 0 spiro atoms. The van der Waals surface area contributed by atoms with Gasteiger partial charge in [-0.3, -0.25) is 4.90 Å². The van der Waals surface area contributed by atoms with Crippen LogP contribution in [-0.4, -0.2) is 74.4 Å². The first-order valence-electron chi connectivity index (χ1n) is 12.5. The van der Waals surface area contributed by atoms with Crippen LogP contribution in [-0.2, 0) is 31.1 Å². The third kappa shape index (κ3) is 6.58. The Morgan fingerprint density at radius 3 is 1.95 bits per heavy atom. The molecule has 3 rings (SSSR count). The van der Waals surface area contributed by atoms with Crippen LogP contribution in [0.2, 0.25) is 0 Å². The Balaban J connectivity index is 1.93. The molecule has 2 heterocycles. The van der Waals surface area contributed by atoms with Crippen molar-refractivity contribution in [1.82, 2.24) is 9.80 Å². The highest BCUT2D eigenvalue weighted by atomic mass is 32.3. The number of rotatable bonds is 5. The molecule has 2 aliphatic heterocycles. The molecule has 37 heavy (non-hydrogen) atoms. The molecule has 12 heteroatoms. The number of carbonyl (C=O) groups excluding carboxylic acids is 1. The molecule has 208 valence electrons. The number of nitrogens with zero attached hydrogens (tertiary/aromatic N) is 2. The second-order valence-corrected chi connectivity index (χ2v) is 12.9. The summed E-state index contributed by atoms with van der Waals surface area (Å²) in [6, 6.07) is 0. The molecule has 0 atom stereocenters. The molecule has 0 saturated carbocycles. The molecule has 0 radical (unpaired) electrons. The highest BCUT2D eigenvalue weighted by Gasteiger charge is 2.53. The predicted molar refractivity (Wildman–Crippen MR) is 140 cm³/mol. The van der Waals surface area contributed by atoms with E-state index in [1.165, 1.54) is 0 Å². The fourth-order valence-electron chi connectivity index (χ4n) is 4.68. The number of carbonyl (C=O) groups is 1. The number of amides is 1. The third-order valence-corrected chi connectivity index (χ3v) is 7.84. The molecule has 0 aliphatic carbocycles. The number of hydrogen-bond donors (Lipinski definition) is 0. The van der Waals surface area contributed by atoms with Crippen molar-refractivity contribution in [3.63, 3.8) is 0 Å². The summed E-state index contributed by atoms with van der Waals surface area (Å²) in [5, 5.41) is 0. The summed E-state index contributed by atoms with van der Waals surface area (Å²) in [6.07, 6.45) is -0.346. The van der Waals surface area contributed by atoms with Gasteiger partial charge in [0, 0.05) is 32.7 Å². The lowest BCUT2D eigenvalue weighted by Gasteiger charge is -2.36. The second-order valence-electron chi connectivity index (χ2n) is 11.9. The molecule has 2 saturated heterocycles. The van der Waals surface area contributed by atoms with Gasteiger partial charge < -0.3 is 23.1 Å². The Labute approximate surface area is 221 Å². The van der Waals surface area contributed by atoms with E-state index >= 15 is 0 Å². The minimum Gasteiger partial charge on any atom is -0.444 e. The number of hydrogen-bond acceptors (Lipinski definition) is 8.